The largest absolute Gasteiger partial charge is 0.496 e. The number of rotatable bonds is 14. The summed E-state index contributed by atoms with van der Waals surface area (Å²) in [5.74, 6) is -0.0135. The van der Waals surface area contributed by atoms with E-state index in [1.54, 1.807) is 54.6 Å². The third-order valence-electron chi connectivity index (χ3n) is 9.05. The number of aromatic nitrogens is 1. The number of hydrogen-bond acceptors (Lipinski definition) is 9. The van der Waals surface area contributed by atoms with Crippen LogP contribution >= 0.6 is 23.1 Å². The molecule has 1 aromatic heterocycles. The number of fused-ring (bicyclic) bond motifs is 1. The molecule has 0 bridgehead atoms. The van der Waals surface area contributed by atoms with Crippen LogP contribution in [0.1, 0.15) is 26.7 Å². The number of nitrogens with one attached hydrogen (secondary N) is 3. The molecule has 0 aliphatic carbocycles. The maximum Gasteiger partial charge on any atom is 0.272 e. The molecule has 3 N–H and O–H groups in total. The van der Waals surface area contributed by atoms with E-state index >= 15 is 0 Å². The normalized spacial score (nSPS) is 11.7. The Morgan fingerprint density at radius 3 is 2.05 bits per heavy atom. The van der Waals surface area contributed by atoms with Crippen LogP contribution in [0.5, 0.6) is 17.2 Å². The monoisotopic (exact) mass is 806 g/mol. The average Bonchev–Trinajstić information content (AvgIpc) is 3.74. The molecule has 290 valence electrons. The first-order valence-corrected chi connectivity index (χ1v) is 19.8. The lowest BCUT2D eigenvalue weighted by atomic mass is 10.1. The standard InChI is InChI=1S/C46H38N4O6S2/c1-54-39-27-41(56-3)40(55-2)26-34(39)25-37(48-43(51)31-15-8-5-9-16-31)44(52)47-35-20-22-36(23-21-35)58-42(30-13-6-4-7-14-30)45(53)50-46-49-38(28-57-46)33-19-18-29-12-10-11-17-32(29)24-33/h4-28,42H,1-3H3,(H,47,52)(H,48,51)(H,49,50,53)/b37-25-. The molecule has 12 heteroatoms. The minimum Gasteiger partial charge on any atom is -0.496 e. The molecule has 0 radical (unpaired) electrons. The van der Waals surface area contributed by atoms with Gasteiger partial charge in [0.1, 0.15) is 16.7 Å². The SMILES string of the molecule is COc1cc(OC)c(OC)cc1/C=C(\NC(=O)c1ccccc1)C(=O)Nc1ccc(SC(C(=O)Nc2nc(-c3ccc4ccccc4c3)cs2)c2ccccc2)cc1. The van der Waals surface area contributed by atoms with Gasteiger partial charge in [0.05, 0.1) is 27.0 Å². The topological polar surface area (TPSA) is 128 Å². The molecule has 0 fully saturated rings. The zero-order valence-corrected chi connectivity index (χ0v) is 33.4. The number of carbonyl (C=O) groups is 3. The summed E-state index contributed by atoms with van der Waals surface area (Å²) in [6.45, 7) is 0. The van der Waals surface area contributed by atoms with Crippen LogP contribution in [0.2, 0.25) is 0 Å². The molecule has 6 aromatic carbocycles. The third kappa shape index (κ3) is 9.38. The molecule has 7 rings (SSSR count). The molecule has 0 aliphatic rings. The van der Waals surface area contributed by atoms with Crippen molar-refractivity contribution in [1.82, 2.24) is 10.3 Å². The molecule has 1 unspecified atom stereocenters. The molecule has 58 heavy (non-hydrogen) atoms. The fraction of sp³-hybridized carbons (Fsp3) is 0.0870. The first kappa shape index (κ1) is 39.3. The summed E-state index contributed by atoms with van der Waals surface area (Å²) in [4.78, 5) is 46.6. The summed E-state index contributed by atoms with van der Waals surface area (Å²) in [5, 5.41) is 12.8. The van der Waals surface area contributed by atoms with Crippen molar-refractivity contribution in [3.05, 3.63) is 167 Å². The maximum atomic E-state index is 13.9. The second-order valence-corrected chi connectivity index (χ2v) is 14.8. The minimum absolute atomic E-state index is 0.0374. The molecule has 7 aromatic rings. The van der Waals surface area contributed by atoms with Gasteiger partial charge in [-0.1, -0.05) is 84.9 Å². The van der Waals surface area contributed by atoms with Gasteiger partial charge >= 0.3 is 0 Å². The Morgan fingerprint density at radius 2 is 1.34 bits per heavy atom. The van der Waals surface area contributed by atoms with E-state index in [1.165, 1.54) is 50.5 Å². The van der Waals surface area contributed by atoms with Crippen LogP contribution in [-0.4, -0.2) is 44.0 Å². The van der Waals surface area contributed by atoms with Gasteiger partial charge in [0.15, 0.2) is 16.6 Å². The Balaban J connectivity index is 1.09. The predicted molar refractivity (Wildman–Crippen MR) is 232 cm³/mol. The van der Waals surface area contributed by atoms with E-state index in [2.05, 4.69) is 40.2 Å². The first-order valence-electron chi connectivity index (χ1n) is 18.1. The quantitative estimate of drug-likeness (QED) is 0.0733. The Bertz CT molecular complexity index is 2600. The van der Waals surface area contributed by atoms with Crippen LogP contribution in [0.4, 0.5) is 10.8 Å². The van der Waals surface area contributed by atoms with E-state index in [9.17, 15) is 14.4 Å². The highest BCUT2D eigenvalue weighted by Gasteiger charge is 2.24. The second-order valence-electron chi connectivity index (χ2n) is 12.8. The number of benzene rings is 6. The van der Waals surface area contributed by atoms with Crippen molar-refractivity contribution in [3.8, 4) is 28.5 Å². The molecule has 1 heterocycles. The van der Waals surface area contributed by atoms with E-state index in [4.69, 9.17) is 19.2 Å². The highest BCUT2D eigenvalue weighted by Crippen LogP contribution is 2.38. The van der Waals surface area contributed by atoms with Crippen molar-refractivity contribution in [2.24, 2.45) is 0 Å². The van der Waals surface area contributed by atoms with Crippen molar-refractivity contribution < 1.29 is 28.6 Å². The summed E-state index contributed by atoms with van der Waals surface area (Å²) >= 11 is 2.75. The Labute approximate surface area is 343 Å². The Kier molecular flexibility index (Phi) is 12.5. The van der Waals surface area contributed by atoms with Gasteiger partial charge in [0.25, 0.3) is 11.8 Å². The van der Waals surface area contributed by atoms with Gasteiger partial charge in [-0.15, -0.1) is 23.1 Å². The number of nitrogens with zero attached hydrogens (tertiary/aromatic N) is 1. The Morgan fingerprint density at radius 1 is 0.690 bits per heavy atom. The summed E-state index contributed by atoms with van der Waals surface area (Å²) in [5.41, 5.74) is 3.86. The number of amides is 3. The molecule has 0 saturated carbocycles. The minimum atomic E-state index is -0.603. The average molecular weight is 807 g/mol. The third-order valence-corrected chi connectivity index (χ3v) is 11.1. The molecule has 10 nitrogen and oxygen atoms in total. The van der Waals surface area contributed by atoms with Crippen molar-refractivity contribution >= 4 is 68.5 Å². The predicted octanol–water partition coefficient (Wildman–Crippen LogP) is 9.87. The van der Waals surface area contributed by atoms with E-state index in [0.717, 1.165) is 32.5 Å². The Hall–Kier alpha value is -6.89. The van der Waals surface area contributed by atoms with Crippen molar-refractivity contribution in [3.63, 3.8) is 0 Å². The smallest absolute Gasteiger partial charge is 0.272 e. The molecular formula is C46H38N4O6S2. The molecular weight excluding hydrogens is 769 g/mol. The van der Waals surface area contributed by atoms with Crippen LogP contribution in [0.3, 0.4) is 0 Å². The van der Waals surface area contributed by atoms with Crippen molar-refractivity contribution in [2.75, 3.05) is 32.0 Å². The lowest BCUT2D eigenvalue weighted by molar-refractivity contribution is -0.116. The maximum absolute atomic E-state index is 13.9. The molecule has 3 amide bonds. The highest BCUT2D eigenvalue weighted by molar-refractivity contribution is 8.00. The number of thioether (sulfide) groups is 1. The van der Waals surface area contributed by atoms with Gasteiger partial charge in [-0.2, -0.15) is 0 Å². The van der Waals surface area contributed by atoms with Gasteiger partial charge in [-0.25, -0.2) is 4.98 Å². The van der Waals surface area contributed by atoms with Crippen LogP contribution in [0, 0.1) is 0 Å². The summed E-state index contributed by atoms with van der Waals surface area (Å²) < 4.78 is 16.5. The number of carbonyl (C=O) groups excluding carboxylic acids is 3. The van der Waals surface area contributed by atoms with E-state index in [-0.39, 0.29) is 11.6 Å². The zero-order chi connectivity index (χ0) is 40.4. The van der Waals surface area contributed by atoms with Gasteiger partial charge in [-0.3, -0.25) is 14.4 Å². The fourth-order valence-electron chi connectivity index (χ4n) is 6.10. The fourth-order valence-corrected chi connectivity index (χ4v) is 7.85. The zero-order valence-electron chi connectivity index (χ0n) is 31.7. The number of hydrogen-bond donors (Lipinski definition) is 3. The van der Waals surface area contributed by atoms with E-state index < -0.39 is 17.1 Å². The first-order chi connectivity index (χ1) is 28.3. The lowest BCUT2D eigenvalue weighted by Gasteiger charge is -2.17. The number of methoxy groups -OCH3 is 3. The van der Waals surface area contributed by atoms with Crippen LogP contribution in [0.25, 0.3) is 28.1 Å². The summed E-state index contributed by atoms with van der Waals surface area (Å²) in [6.07, 6.45) is 1.51. The van der Waals surface area contributed by atoms with Gasteiger partial charge in [-0.05, 0) is 70.9 Å². The van der Waals surface area contributed by atoms with Gasteiger partial charge in [0.2, 0.25) is 5.91 Å². The summed E-state index contributed by atoms with van der Waals surface area (Å²) in [6, 6.07) is 42.9. The van der Waals surface area contributed by atoms with Crippen LogP contribution in [-0.2, 0) is 9.59 Å². The van der Waals surface area contributed by atoms with Crippen LogP contribution in [0.15, 0.2) is 155 Å². The number of anilines is 2. The molecule has 0 aliphatic heterocycles. The van der Waals surface area contributed by atoms with Gasteiger partial charge in [0, 0.05) is 38.7 Å². The number of thiazole rings is 1. The van der Waals surface area contributed by atoms with E-state index in [1.807, 2.05) is 66.0 Å². The number of ether oxygens (including phenoxy) is 3. The molecule has 0 spiro atoms. The van der Waals surface area contributed by atoms with Gasteiger partial charge < -0.3 is 30.2 Å². The molecule has 0 saturated heterocycles. The lowest BCUT2D eigenvalue weighted by Crippen LogP contribution is -2.30. The van der Waals surface area contributed by atoms with E-state index in [0.29, 0.717) is 39.2 Å². The van der Waals surface area contributed by atoms with Crippen molar-refractivity contribution in [2.45, 2.75) is 10.1 Å². The second kappa shape index (κ2) is 18.4. The van der Waals surface area contributed by atoms with Crippen LogP contribution < -0.4 is 30.2 Å². The summed E-state index contributed by atoms with van der Waals surface area (Å²) in [7, 11) is 4.51. The van der Waals surface area contributed by atoms with Crippen molar-refractivity contribution in [1.29, 1.82) is 0 Å². The molecule has 1 atom stereocenters. The highest BCUT2D eigenvalue weighted by atomic mass is 32.2.